The van der Waals surface area contributed by atoms with Gasteiger partial charge >= 0.3 is 0 Å². The number of nitrogens with zero attached hydrogens (tertiary/aromatic N) is 2. The van der Waals surface area contributed by atoms with Crippen molar-refractivity contribution < 1.29 is 0 Å². The molecule has 0 aliphatic carbocycles. The van der Waals surface area contributed by atoms with E-state index >= 15 is 0 Å². The van der Waals surface area contributed by atoms with Crippen LogP contribution in [0.3, 0.4) is 0 Å². The molecule has 1 saturated heterocycles. The van der Waals surface area contributed by atoms with Crippen molar-refractivity contribution in [2.24, 2.45) is 0 Å². The number of likely N-dealkylation sites (tertiary alicyclic amines) is 1. The van der Waals surface area contributed by atoms with E-state index in [4.69, 9.17) is 0 Å². The Bertz CT molecular complexity index is 423. The van der Waals surface area contributed by atoms with Gasteiger partial charge in [-0.05, 0) is 64.4 Å². The molecular formula is C18H31N3. The van der Waals surface area contributed by atoms with E-state index in [-0.39, 0.29) is 5.54 Å². The Kier molecular flexibility index (Phi) is 5.77. The van der Waals surface area contributed by atoms with Crippen molar-refractivity contribution in [2.45, 2.75) is 65.0 Å². The average molecular weight is 289 g/mol. The average Bonchev–Trinajstić information content (AvgIpc) is 2.54. The van der Waals surface area contributed by atoms with Crippen LogP contribution >= 0.6 is 0 Å². The van der Waals surface area contributed by atoms with Crippen LogP contribution in [0.25, 0.3) is 0 Å². The van der Waals surface area contributed by atoms with E-state index in [1.807, 2.05) is 0 Å². The van der Waals surface area contributed by atoms with Crippen LogP contribution < -0.4 is 5.32 Å². The van der Waals surface area contributed by atoms with Crippen LogP contribution in [0.15, 0.2) is 18.3 Å². The van der Waals surface area contributed by atoms with Gasteiger partial charge in [-0.3, -0.25) is 9.88 Å². The highest BCUT2D eigenvalue weighted by Gasteiger charge is 2.39. The maximum Gasteiger partial charge on any atom is 0.0519 e. The van der Waals surface area contributed by atoms with Gasteiger partial charge in [0.2, 0.25) is 0 Å². The molecule has 1 aliphatic rings. The van der Waals surface area contributed by atoms with Gasteiger partial charge < -0.3 is 5.32 Å². The summed E-state index contributed by atoms with van der Waals surface area (Å²) in [5, 5.41) is 3.73. The van der Waals surface area contributed by atoms with E-state index in [9.17, 15) is 0 Å². The van der Waals surface area contributed by atoms with Crippen LogP contribution in [0.4, 0.5) is 0 Å². The lowest BCUT2D eigenvalue weighted by atomic mass is 9.82. The van der Waals surface area contributed by atoms with Gasteiger partial charge in [-0.25, -0.2) is 0 Å². The molecule has 2 unspecified atom stereocenters. The standard InChI is InChI=1S/C18H31N3/c1-5-18(4,21-12-8-7-9-13-21)17(19-6-2)16-11-10-15(3)20-14-16/h10-11,14,17,19H,5-9,12-13H2,1-4H3. The third-order valence-electron chi connectivity index (χ3n) is 5.09. The number of likely N-dealkylation sites (N-methyl/N-ethyl adjacent to an activating group) is 1. The van der Waals surface area contributed by atoms with Crippen LogP contribution in [-0.2, 0) is 0 Å². The number of aromatic nitrogens is 1. The van der Waals surface area contributed by atoms with E-state index in [0.717, 1.165) is 18.7 Å². The van der Waals surface area contributed by atoms with Gasteiger partial charge in [0, 0.05) is 17.4 Å². The number of nitrogens with one attached hydrogen (secondary N) is 1. The van der Waals surface area contributed by atoms with Crippen LogP contribution in [0.1, 0.15) is 63.8 Å². The molecule has 0 radical (unpaired) electrons. The highest BCUT2D eigenvalue weighted by molar-refractivity contribution is 5.22. The first-order valence-corrected chi connectivity index (χ1v) is 8.52. The molecule has 0 amide bonds. The molecule has 3 nitrogen and oxygen atoms in total. The van der Waals surface area contributed by atoms with Gasteiger partial charge in [-0.1, -0.05) is 26.3 Å². The van der Waals surface area contributed by atoms with E-state index in [1.54, 1.807) is 0 Å². The van der Waals surface area contributed by atoms with Gasteiger partial charge in [0.05, 0.1) is 6.04 Å². The minimum absolute atomic E-state index is 0.160. The normalized spacial score (nSPS) is 21.0. The SMILES string of the molecule is CCNC(c1ccc(C)nc1)C(C)(CC)N1CCCCC1. The first-order valence-electron chi connectivity index (χ1n) is 8.52. The fraction of sp³-hybridized carbons (Fsp3) is 0.722. The van der Waals surface area contributed by atoms with E-state index in [1.165, 1.54) is 37.9 Å². The summed E-state index contributed by atoms with van der Waals surface area (Å²) in [7, 11) is 0. The van der Waals surface area contributed by atoms with Gasteiger partial charge in [0.1, 0.15) is 0 Å². The van der Waals surface area contributed by atoms with Crippen molar-refractivity contribution in [1.82, 2.24) is 15.2 Å². The van der Waals surface area contributed by atoms with Crippen molar-refractivity contribution in [3.05, 3.63) is 29.6 Å². The molecule has 1 fully saturated rings. The molecule has 3 heteroatoms. The molecule has 0 aromatic carbocycles. The fourth-order valence-corrected chi connectivity index (χ4v) is 3.57. The monoisotopic (exact) mass is 289 g/mol. The lowest BCUT2D eigenvalue weighted by Crippen LogP contribution is -2.56. The Morgan fingerprint density at radius 2 is 1.95 bits per heavy atom. The summed E-state index contributed by atoms with van der Waals surface area (Å²) in [4.78, 5) is 7.21. The van der Waals surface area contributed by atoms with Crippen molar-refractivity contribution >= 4 is 0 Å². The third-order valence-corrected chi connectivity index (χ3v) is 5.09. The van der Waals surface area contributed by atoms with E-state index in [2.05, 4.69) is 61.2 Å². The highest BCUT2D eigenvalue weighted by atomic mass is 15.2. The summed E-state index contributed by atoms with van der Waals surface area (Å²) in [5.41, 5.74) is 2.57. The van der Waals surface area contributed by atoms with Crippen molar-refractivity contribution in [2.75, 3.05) is 19.6 Å². The molecule has 1 aliphatic heterocycles. The first-order chi connectivity index (χ1) is 10.1. The predicted octanol–water partition coefficient (Wildman–Crippen LogP) is 3.70. The molecule has 0 spiro atoms. The molecule has 1 aromatic heterocycles. The molecule has 1 N–H and O–H groups in total. The van der Waals surface area contributed by atoms with Gasteiger partial charge in [-0.15, -0.1) is 0 Å². The van der Waals surface area contributed by atoms with Crippen LogP contribution in [-0.4, -0.2) is 35.1 Å². The Balaban J connectivity index is 2.30. The van der Waals surface area contributed by atoms with Crippen molar-refractivity contribution in [3.8, 4) is 0 Å². The molecular weight excluding hydrogens is 258 g/mol. The van der Waals surface area contributed by atoms with E-state index < -0.39 is 0 Å². The number of piperidine rings is 1. The lowest BCUT2D eigenvalue weighted by molar-refractivity contribution is 0.0428. The quantitative estimate of drug-likeness (QED) is 0.865. The summed E-state index contributed by atoms with van der Waals surface area (Å²) in [5.74, 6) is 0. The zero-order valence-electron chi connectivity index (χ0n) is 14.2. The molecule has 1 aromatic rings. The van der Waals surface area contributed by atoms with Gasteiger partial charge in [-0.2, -0.15) is 0 Å². The van der Waals surface area contributed by atoms with Crippen molar-refractivity contribution in [3.63, 3.8) is 0 Å². The maximum absolute atomic E-state index is 4.52. The topological polar surface area (TPSA) is 28.2 Å². The number of aryl methyl sites for hydroxylation is 1. The second kappa shape index (κ2) is 7.37. The molecule has 2 heterocycles. The molecule has 2 atom stereocenters. The Morgan fingerprint density at radius 3 is 2.48 bits per heavy atom. The summed E-state index contributed by atoms with van der Waals surface area (Å²) >= 11 is 0. The minimum atomic E-state index is 0.160. The number of hydrogen-bond acceptors (Lipinski definition) is 3. The van der Waals surface area contributed by atoms with E-state index in [0.29, 0.717) is 6.04 Å². The van der Waals surface area contributed by atoms with Gasteiger partial charge in [0.15, 0.2) is 0 Å². The second-order valence-electron chi connectivity index (χ2n) is 6.48. The zero-order chi connectivity index (χ0) is 15.3. The molecule has 118 valence electrons. The van der Waals surface area contributed by atoms with Crippen LogP contribution in [0.5, 0.6) is 0 Å². The first kappa shape index (κ1) is 16.4. The zero-order valence-corrected chi connectivity index (χ0v) is 14.2. The van der Waals surface area contributed by atoms with Crippen LogP contribution in [0, 0.1) is 6.92 Å². The molecule has 21 heavy (non-hydrogen) atoms. The summed E-state index contributed by atoms with van der Waals surface area (Å²) < 4.78 is 0. The lowest BCUT2D eigenvalue weighted by Gasteiger charge is -2.48. The maximum atomic E-state index is 4.52. The smallest absolute Gasteiger partial charge is 0.0519 e. The second-order valence-corrected chi connectivity index (χ2v) is 6.48. The Hall–Kier alpha value is -0.930. The molecule has 0 saturated carbocycles. The Morgan fingerprint density at radius 1 is 1.24 bits per heavy atom. The third kappa shape index (κ3) is 3.64. The fourth-order valence-electron chi connectivity index (χ4n) is 3.57. The van der Waals surface area contributed by atoms with Gasteiger partial charge in [0.25, 0.3) is 0 Å². The summed E-state index contributed by atoms with van der Waals surface area (Å²) in [6.45, 7) is 12.4. The Labute approximate surface area is 130 Å². The van der Waals surface area contributed by atoms with Crippen molar-refractivity contribution in [1.29, 1.82) is 0 Å². The largest absolute Gasteiger partial charge is 0.309 e. The summed E-state index contributed by atoms with van der Waals surface area (Å²) in [6.07, 6.45) is 7.26. The molecule has 0 bridgehead atoms. The molecule has 2 rings (SSSR count). The van der Waals surface area contributed by atoms with Crippen LogP contribution in [0.2, 0.25) is 0 Å². The number of pyridine rings is 1. The highest BCUT2D eigenvalue weighted by Crippen LogP contribution is 2.35. The predicted molar refractivity (Wildman–Crippen MR) is 89.5 cm³/mol. The number of rotatable bonds is 6. The number of hydrogen-bond donors (Lipinski definition) is 1. The minimum Gasteiger partial charge on any atom is -0.309 e. The summed E-state index contributed by atoms with van der Waals surface area (Å²) in [6, 6.07) is 4.72.